The summed E-state index contributed by atoms with van der Waals surface area (Å²) in [6.45, 7) is 3.48. The maximum atomic E-state index is 12.6. The SMILES string of the molecule is CC(Nc1ccc(Br)cc1)C(=O)N1CCc2sccc2C1. The van der Waals surface area contributed by atoms with E-state index in [9.17, 15) is 4.79 Å². The predicted molar refractivity (Wildman–Crippen MR) is 90.7 cm³/mol. The fourth-order valence-electron chi connectivity index (χ4n) is 2.57. The number of nitrogens with zero attached hydrogens (tertiary/aromatic N) is 1. The third kappa shape index (κ3) is 3.30. The van der Waals surface area contributed by atoms with Crippen molar-refractivity contribution in [2.75, 3.05) is 11.9 Å². The van der Waals surface area contributed by atoms with Gasteiger partial charge in [0.25, 0.3) is 0 Å². The molecule has 0 radical (unpaired) electrons. The highest BCUT2D eigenvalue weighted by atomic mass is 79.9. The van der Waals surface area contributed by atoms with Crippen molar-refractivity contribution in [2.45, 2.75) is 25.9 Å². The van der Waals surface area contributed by atoms with Gasteiger partial charge in [-0.2, -0.15) is 0 Å². The zero-order valence-corrected chi connectivity index (χ0v) is 14.2. The van der Waals surface area contributed by atoms with Crippen molar-refractivity contribution in [3.63, 3.8) is 0 Å². The smallest absolute Gasteiger partial charge is 0.245 e. The second-order valence-corrected chi connectivity index (χ2v) is 7.17. The van der Waals surface area contributed by atoms with Crippen LogP contribution in [0.5, 0.6) is 0 Å². The molecule has 2 heterocycles. The Bertz CT molecular complexity index is 638. The lowest BCUT2D eigenvalue weighted by atomic mass is 10.1. The lowest BCUT2D eigenvalue weighted by Gasteiger charge is -2.30. The van der Waals surface area contributed by atoms with Gasteiger partial charge in [-0.1, -0.05) is 15.9 Å². The van der Waals surface area contributed by atoms with Crippen LogP contribution in [0, 0.1) is 0 Å². The van der Waals surface area contributed by atoms with Crippen molar-refractivity contribution < 1.29 is 4.79 Å². The first-order valence-electron chi connectivity index (χ1n) is 6.99. The summed E-state index contributed by atoms with van der Waals surface area (Å²) in [5.41, 5.74) is 2.27. The van der Waals surface area contributed by atoms with Gasteiger partial charge in [-0.3, -0.25) is 4.79 Å². The molecular weight excluding hydrogens is 348 g/mol. The molecule has 1 unspecified atom stereocenters. The summed E-state index contributed by atoms with van der Waals surface area (Å²) in [5, 5.41) is 5.39. The third-order valence-electron chi connectivity index (χ3n) is 3.72. The Morgan fingerprint density at radius 2 is 2.10 bits per heavy atom. The van der Waals surface area contributed by atoms with Crippen molar-refractivity contribution in [3.05, 3.63) is 50.6 Å². The molecule has 1 aromatic heterocycles. The molecule has 2 aromatic rings. The molecule has 0 aliphatic carbocycles. The van der Waals surface area contributed by atoms with Gasteiger partial charge < -0.3 is 10.2 Å². The minimum absolute atomic E-state index is 0.162. The van der Waals surface area contributed by atoms with Crippen LogP contribution in [0.4, 0.5) is 5.69 Å². The van der Waals surface area contributed by atoms with E-state index in [1.807, 2.05) is 36.1 Å². The molecule has 3 nitrogen and oxygen atoms in total. The molecule has 0 fully saturated rings. The van der Waals surface area contributed by atoms with Crippen LogP contribution in [0.3, 0.4) is 0 Å². The van der Waals surface area contributed by atoms with Crippen LogP contribution in [0.15, 0.2) is 40.2 Å². The summed E-state index contributed by atoms with van der Waals surface area (Å²) in [5.74, 6) is 0.162. The summed E-state index contributed by atoms with van der Waals surface area (Å²) < 4.78 is 1.04. The van der Waals surface area contributed by atoms with Gasteiger partial charge in [-0.15, -0.1) is 11.3 Å². The second-order valence-electron chi connectivity index (χ2n) is 5.25. The van der Waals surface area contributed by atoms with Crippen LogP contribution in [-0.4, -0.2) is 23.4 Å². The summed E-state index contributed by atoms with van der Waals surface area (Å²) in [7, 11) is 0. The standard InChI is InChI=1S/C16H17BrN2OS/c1-11(18-14-4-2-13(17)3-5-14)16(20)19-8-6-15-12(10-19)7-9-21-15/h2-5,7,9,11,18H,6,8,10H2,1H3. The number of amides is 1. The maximum absolute atomic E-state index is 12.6. The fraction of sp³-hybridized carbons (Fsp3) is 0.312. The molecule has 0 saturated carbocycles. The second kappa shape index (κ2) is 6.20. The maximum Gasteiger partial charge on any atom is 0.245 e. The predicted octanol–water partition coefficient (Wildman–Crippen LogP) is 3.90. The number of benzene rings is 1. The number of anilines is 1. The molecule has 1 amide bonds. The fourth-order valence-corrected chi connectivity index (χ4v) is 3.72. The Morgan fingerprint density at radius 1 is 1.33 bits per heavy atom. The topological polar surface area (TPSA) is 32.3 Å². The van der Waals surface area contributed by atoms with Crippen molar-refractivity contribution in [2.24, 2.45) is 0 Å². The van der Waals surface area contributed by atoms with Gasteiger partial charge in [0.1, 0.15) is 6.04 Å². The molecule has 1 N–H and O–H groups in total. The van der Waals surface area contributed by atoms with Crippen molar-refractivity contribution in [1.82, 2.24) is 4.90 Å². The monoisotopic (exact) mass is 364 g/mol. The molecule has 3 rings (SSSR count). The average molecular weight is 365 g/mol. The highest BCUT2D eigenvalue weighted by molar-refractivity contribution is 9.10. The largest absolute Gasteiger partial charge is 0.374 e. The molecule has 0 bridgehead atoms. The minimum atomic E-state index is -0.216. The number of hydrogen-bond donors (Lipinski definition) is 1. The average Bonchev–Trinajstić information content (AvgIpc) is 2.96. The molecule has 1 aliphatic heterocycles. The summed E-state index contributed by atoms with van der Waals surface area (Å²) >= 11 is 5.21. The Labute approximate surface area is 137 Å². The van der Waals surface area contributed by atoms with Crippen LogP contribution in [0.2, 0.25) is 0 Å². The van der Waals surface area contributed by atoms with Gasteiger partial charge in [0, 0.05) is 28.1 Å². The zero-order chi connectivity index (χ0) is 14.8. The number of rotatable bonds is 3. The van der Waals surface area contributed by atoms with Crippen LogP contribution in [0.25, 0.3) is 0 Å². The summed E-state index contributed by atoms with van der Waals surface area (Å²) in [6, 6.07) is 9.80. The first kappa shape index (κ1) is 14.6. The van der Waals surface area contributed by atoms with Gasteiger partial charge in [0.05, 0.1) is 0 Å². The van der Waals surface area contributed by atoms with Gasteiger partial charge in [0.2, 0.25) is 5.91 Å². The highest BCUT2D eigenvalue weighted by Crippen LogP contribution is 2.24. The third-order valence-corrected chi connectivity index (χ3v) is 5.27. The van der Waals surface area contributed by atoms with Gasteiger partial charge in [0.15, 0.2) is 0 Å². The number of thiophene rings is 1. The first-order valence-corrected chi connectivity index (χ1v) is 8.67. The van der Waals surface area contributed by atoms with Crippen molar-refractivity contribution in [3.8, 4) is 0 Å². The Morgan fingerprint density at radius 3 is 2.86 bits per heavy atom. The van der Waals surface area contributed by atoms with E-state index >= 15 is 0 Å². The normalized spacial score (nSPS) is 15.4. The lowest BCUT2D eigenvalue weighted by Crippen LogP contribution is -2.43. The number of nitrogens with one attached hydrogen (secondary N) is 1. The number of halogens is 1. The van der Waals surface area contributed by atoms with Crippen molar-refractivity contribution in [1.29, 1.82) is 0 Å². The van der Waals surface area contributed by atoms with E-state index in [0.717, 1.165) is 29.7 Å². The number of carbonyl (C=O) groups excluding carboxylic acids is 1. The van der Waals surface area contributed by atoms with E-state index in [4.69, 9.17) is 0 Å². The summed E-state index contributed by atoms with van der Waals surface area (Å²) in [6.07, 6.45) is 0.976. The lowest BCUT2D eigenvalue weighted by molar-refractivity contribution is -0.132. The molecular formula is C16H17BrN2OS. The molecule has 110 valence electrons. The van der Waals surface area contributed by atoms with E-state index in [0.29, 0.717) is 0 Å². The van der Waals surface area contributed by atoms with E-state index in [1.165, 1.54) is 10.4 Å². The minimum Gasteiger partial charge on any atom is -0.374 e. The molecule has 0 saturated heterocycles. The van der Waals surface area contributed by atoms with Crippen molar-refractivity contribution >= 4 is 38.9 Å². The number of hydrogen-bond acceptors (Lipinski definition) is 3. The molecule has 1 aliphatic rings. The van der Waals surface area contributed by atoms with E-state index in [-0.39, 0.29) is 11.9 Å². The Balaban J connectivity index is 1.64. The molecule has 1 atom stereocenters. The van der Waals surface area contributed by atoms with Crippen LogP contribution in [0.1, 0.15) is 17.4 Å². The first-order chi connectivity index (χ1) is 10.1. The number of carbonyl (C=O) groups is 1. The van der Waals surface area contributed by atoms with Crippen LogP contribution >= 0.6 is 27.3 Å². The number of fused-ring (bicyclic) bond motifs is 1. The zero-order valence-electron chi connectivity index (χ0n) is 11.8. The van der Waals surface area contributed by atoms with E-state index in [1.54, 1.807) is 11.3 Å². The van der Waals surface area contributed by atoms with Gasteiger partial charge in [-0.05, 0) is 54.6 Å². The molecule has 1 aromatic carbocycles. The highest BCUT2D eigenvalue weighted by Gasteiger charge is 2.25. The van der Waals surface area contributed by atoms with E-state index < -0.39 is 0 Å². The van der Waals surface area contributed by atoms with Crippen LogP contribution in [-0.2, 0) is 17.8 Å². The van der Waals surface area contributed by atoms with Crippen LogP contribution < -0.4 is 5.32 Å². The Hall–Kier alpha value is -1.33. The molecule has 5 heteroatoms. The van der Waals surface area contributed by atoms with Gasteiger partial charge in [-0.25, -0.2) is 0 Å². The van der Waals surface area contributed by atoms with Gasteiger partial charge >= 0.3 is 0 Å². The quantitative estimate of drug-likeness (QED) is 0.895. The Kier molecular flexibility index (Phi) is 4.31. The molecule has 21 heavy (non-hydrogen) atoms. The van der Waals surface area contributed by atoms with E-state index in [2.05, 4.69) is 32.7 Å². The molecule has 0 spiro atoms. The summed E-state index contributed by atoms with van der Waals surface area (Å²) in [4.78, 5) is 15.9.